The van der Waals surface area contributed by atoms with Gasteiger partial charge in [0, 0.05) is 17.7 Å². The van der Waals surface area contributed by atoms with Gasteiger partial charge in [0.05, 0.1) is 6.04 Å². The third-order valence-electron chi connectivity index (χ3n) is 2.40. The molecule has 17 heavy (non-hydrogen) atoms. The van der Waals surface area contributed by atoms with E-state index in [1.54, 1.807) is 18.3 Å². The fraction of sp³-hybridized carbons (Fsp3) is 0.500. The zero-order valence-electron chi connectivity index (χ0n) is 9.97. The summed E-state index contributed by atoms with van der Waals surface area (Å²) in [6.07, 6.45) is 0.281. The number of amides is 1. The number of thiophene rings is 1. The largest absolute Gasteiger partial charge is 0.481 e. The van der Waals surface area contributed by atoms with Gasteiger partial charge in [-0.15, -0.1) is 11.3 Å². The third-order valence-corrected chi connectivity index (χ3v) is 3.46. The number of carboxylic acid groups (broad SMARTS) is 1. The van der Waals surface area contributed by atoms with Crippen LogP contribution in [-0.2, 0) is 9.59 Å². The lowest BCUT2D eigenvalue weighted by Crippen LogP contribution is -2.27. The van der Waals surface area contributed by atoms with E-state index < -0.39 is 5.97 Å². The lowest BCUT2D eigenvalue weighted by atomic mass is 10.0. The van der Waals surface area contributed by atoms with E-state index in [-0.39, 0.29) is 30.7 Å². The van der Waals surface area contributed by atoms with E-state index in [9.17, 15) is 9.59 Å². The molecule has 1 rings (SSSR count). The second kappa shape index (κ2) is 6.39. The highest BCUT2D eigenvalue weighted by Crippen LogP contribution is 2.18. The van der Waals surface area contributed by atoms with Crippen LogP contribution in [0.4, 0.5) is 0 Å². The number of hydrogen-bond acceptors (Lipinski definition) is 3. The Morgan fingerprint density at radius 2 is 2.12 bits per heavy atom. The monoisotopic (exact) mass is 255 g/mol. The van der Waals surface area contributed by atoms with E-state index in [0.717, 1.165) is 4.88 Å². The van der Waals surface area contributed by atoms with Crippen LogP contribution >= 0.6 is 11.3 Å². The van der Waals surface area contributed by atoms with Crippen molar-refractivity contribution in [2.45, 2.75) is 32.7 Å². The van der Waals surface area contributed by atoms with Gasteiger partial charge >= 0.3 is 5.97 Å². The van der Waals surface area contributed by atoms with Gasteiger partial charge in [0.1, 0.15) is 0 Å². The molecular formula is C12H17NO3S. The molecule has 0 aromatic carbocycles. The van der Waals surface area contributed by atoms with Crippen molar-refractivity contribution in [1.29, 1.82) is 0 Å². The smallest absolute Gasteiger partial charge is 0.303 e. The maximum absolute atomic E-state index is 11.6. The van der Waals surface area contributed by atoms with Crippen LogP contribution < -0.4 is 5.32 Å². The Morgan fingerprint density at radius 1 is 1.41 bits per heavy atom. The molecule has 1 aromatic heterocycles. The van der Waals surface area contributed by atoms with Gasteiger partial charge in [0.2, 0.25) is 5.91 Å². The molecule has 2 N–H and O–H groups in total. The summed E-state index contributed by atoms with van der Waals surface area (Å²) >= 11 is 1.59. The van der Waals surface area contributed by atoms with E-state index in [0.29, 0.717) is 0 Å². The minimum atomic E-state index is -0.864. The first-order valence-electron chi connectivity index (χ1n) is 5.53. The first kappa shape index (κ1) is 13.7. The number of rotatable bonds is 6. The molecule has 1 unspecified atom stereocenters. The fourth-order valence-corrected chi connectivity index (χ4v) is 2.33. The number of carbonyl (C=O) groups excluding carboxylic acids is 1. The summed E-state index contributed by atoms with van der Waals surface area (Å²) in [6.45, 7) is 3.69. The average molecular weight is 255 g/mol. The lowest BCUT2D eigenvalue weighted by molar-refractivity contribution is -0.138. The van der Waals surface area contributed by atoms with Gasteiger partial charge in [-0.2, -0.15) is 0 Å². The highest BCUT2D eigenvalue weighted by atomic mass is 32.1. The predicted molar refractivity (Wildman–Crippen MR) is 66.9 cm³/mol. The molecule has 5 heteroatoms. The Kier molecular flexibility index (Phi) is 5.15. The van der Waals surface area contributed by atoms with E-state index >= 15 is 0 Å². The van der Waals surface area contributed by atoms with Crippen molar-refractivity contribution in [3.05, 3.63) is 22.4 Å². The van der Waals surface area contributed by atoms with Crippen molar-refractivity contribution in [3.8, 4) is 0 Å². The first-order valence-corrected chi connectivity index (χ1v) is 6.41. The highest BCUT2D eigenvalue weighted by molar-refractivity contribution is 7.10. The van der Waals surface area contributed by atoms with Crippen molar-refractivity contribution >= 4 is 23.2 Å². The van der Waals surface area contributed by atoms with Crippen LogP contribution in [0.15, 0.2) is 17.5 Å². The van der Waals surface area contributed by atoms with Gasteiger partial charge in [-0.3, -0.25) is 9.59 Å². The van der Waals surface area contributed by atoms with Gasteiger partial charge in [-0.25, -0.2) is 0 Å². The number of nitrogens with one attached hydrogen (secondary N) is 1. The van der Waals surface area contributed by atoms with Crippen LogP contribution in [0.1, 0.15) is 37.6 Å². The molecule has 0 aliphatic carbocycles. The van der Waals surface area contributed by atoms with Gasteiger partial charge in [0.25, 0.3) is 0 Å². The van der Waals surface area contributed by atoms with Crippen LogP contribution in [0.2, 0.25) is 0 Å². The minimum absolute atomic E-state index is 0.0143. The number of hydrogen-bond donors (Lipinski definition) is 2. The molecule has 1 aromatic rings. The summed E-state index contributed by atoms with van der Waals surface area (Å²) < 4.78 is 0. The molecule has 0 bridgehead atoms. The third kappa shape index (κ3) is 4.99. The average Bonchev–Trinajstić information content (AvgIpc) is 2.67. The Morgan fingerprint density at radius 3 is 2.65 bits per heavy atom. The van der Waals surface area contributed by atoms with Crippen molar-refractivity contribution in [1.82, 2.24) is 5.32 Å². The second-order valence-corrected chi connectivity index (χ2v) is 5.19. The van der Waals surface area contributed by atoms with E-state index in [1.807, 2.05) is 24.4 Å². The quantitative estimate of drug-likeness (QED) is 0.820. The minimum Gasteiger partial charge on any atom is -0.481 e. The molecule has 94 valence electrons. The summed E-state index contributed by atoms with van der Waals surface area (Å²) in [6, 6.07) is 3.89. The van der Waals surface area contributed by atoms with Crippen LogP contribution in [0.25, 0.3) is 0 Å². The lowest BCUT2D eigenvalue weighted by Gasteiger charge is -2.14. The van der Waals surface area contributed by atoms with Crippen LogP contribution in [0.3, 0.4) is 0 Å². The first-order chi connectivity index (χ1) is 7.99. The van der Waals surface area contributed by atoms with Crippen LogP contribution in [0, 0.1) is 5.92 Å². The maximum atomic E-state index is 11.6. The molecule has 0 aliphatic heterocycles. The van der Waals surface area contributed by atoms with Crippen molar-refractivity contribution in [3.63, 3.8) is 0 Å². The summed E-state index contributed by atoms with van der Waals surface area (Å²) in [4.78, 5) is 23.2. The number of carbonyl (C=O) groups is 2. The molecule has 0 spiro atoms. The normalized spacial score (nSPS) is 14.0. The molecule has 0 aliphatic rings. The molecular weight excluding hydrogens is 238 g/mol. The molecule has 0 saturated heterocycles. The summed E-state index contributed by atoms with van der Waals surface area (Å²) in [5.74, 6) is -1.10. The Balaban J connectivity index is 2.37. The second-order valence-electron chi connectivity index (χ2n) is 4.21. The standard InChI is InChI=1S/C12H17NO3S/c1-8(7-12(15)16)6-11(14)13-9(2)10-4-3-5-17-10/h3-5,8-9H,6-7H2,1-2H3,(H,13,14)(H,15,16)/t8?,9-/m1/s1. The van der Waals surface area contributed by atoms with Gasteiger partial charge < -0.3 is 10.4 Å². The van der Waals surface area contributed by atoms with Crippen molar-refractivity contribution in [2.75, 3.05) is 0 Å². The number of carboxylic acids is 1. The molecule has 0 fully saturated rings. The number of aliphatic carboxylic acids is 1. The molecule has 2 atom stereocenters. The van der Waals surface area contributed by atoms with Crippen molar-refractivity contribution < 1.29 is 14.7 Å². The van der Waals surface area contributed by atoms with E-state index in [2.05, 4.69) is 5.32 Å². The highest BCUT2D eigenvalue weighted by Gasteiger charge is 2.15. The van der Waals surface area contributed by atoms with E-state index in [4.69, 9.17) is 5.11 Å². The molecule has 0 saturated carbocycles. The fourth-order valence-electron chi connectivity index (χ4n) is 1.60. The Labute approximate surface area is 105 Å². The van der Waals surface area contributed by atoms with Gasteiger partial charge in [0.15, 0.2) is 0 Å². The molecule has 4 nitrogen and oxygen atoms in total. The van der Waals surface area contributed by atoms with Crippen LogP contribution in [0.5, 0.6) is 0 Å². The Bertz CT molecular complexity index is 375. The summed E-state index contributed by atoms with van der Waals surface area (Å²) in [7, 11) is 0. The maximum Gasteiger partial charge on any atom is 0.303 e. The van der Waals surface area contributed by atoms with E-state index in [1.165, 1.54) is 0 Å². The molecule has 1 amide bonds. The van der Waals surface area contributed by atoms with Crippen LogP contribution in [-0.4, -0.2) is 17.0 Å². The zero-order chi connectivity index (χ0) is 12.8. The topological polar surface area (TPSA) is 66.4 Å². The van der Waals surface area contributed by atoms with Crippen molar-refractivity contribution in [2.24, 2.45) is 5.92 Å². The zero-order valence-corrected chi connectivity index (χ0v) is 10.8. The molecule has 0 radical (unpaired) electrons. The summed E-state index contributed by atoms with van der Waals surface area (Å²) in [5.41, 5.74) is 0. The Hall–Kier alpha value is -1.36. The van der Waals surface area contributed by atoms with Gasteiger partial charge in [-0.1, -0.05) is 13.0 Å². The molecule has 1 heterocycles. The predicted octanol–water partition coefficient (Wildman–Crippen LogP) is 2.43. The summed E-state index contributed by atoms with van der Waals surface area (Å²) in [5, 5.41) is 13.4. The van der Waals surface area contributed by atoms with Gasteiger partial charge in [-0.05, 0) is 24.3 Å². The SMILES string of the molecule is CC(CC(=O)O)CC(=O)N[C@H](C)c1cccs1.